The van der Waals surface area contributed by atoms with Gasteiger partial charge in [-0.25, -0.2) is 0 Å². The highest BCUT2D eigenvalue weighted by Crippen LogP contribution is 2.32. The Balaban J connectivity index is 2.15. The fraction of sp³-hybridized carbons (Fsp3) is 0.929. The summed E-state index contributed by atoms with van der Waals surface area (Å²) in [6.07, 6.45) is 5.77. The molecule has 2 saturated heterocycles. The van der Waals surface area contributed by atoms with Crippen molar-refractivity contribution >= 4 is 17.7 Å². The first-order valence-corrected chi connectivity index (χ1v) is 8.46. The van der Waals surface area contributed by atoms with Gasteiger partial charge in [-0.3, -0.25) is 10.1 Å². The number of hydrogen-bond acceptors (Lipinski definition) is 3. The highest BCUT2D eigenvalue weighted by Gasteiger charge is 2.48. The van der Waals surface area contributed by atoms with E-state index >= 15 is 0 Å². The zero-order chi connectivity index (χ0) is 13.2. The summed E-state index contributed by atoms with van der Waals surface area (Å²) in [5.41, 5.74) is -0.331. The van der Waals surface area contributed by atoms with Crippen LogP contribution in [0, 0.1) is 0 Å². The molecule has 0 spiro atoms. The standard InChI is InChI=1S/C14H26N2OS/c1-4-7-12-15-14(3,5-2)13(17)16(12)11-8-6-9-18-10-11/h11-12,15H,4-10H2,1-3H3. The van der Waals surface area contributed by atoms with E-state index in [9.17, 15) is 4.79 Å². The van der Waals surface area contributed by atoms with Crippen LogP contribution in [0.4, 0.5) is 0 Å². The summed E-state index contributed by atoms with van der Waals surface area (Å²) in [4.78, 5) is 14.9. The van der Waals surface area contributed by atoms with Gasteiger partial charge in [-0.05, 0) is 38.4 Å². The lowest BCUT2D eigenvalue weighted by Crippen LogP contribution is -2.47. The molecule has 0 aromatic carbocycles. The maximum absolute atomic E-state index is 12.7. The number of hydrogen-bond donors (Lipinski definition) is 1. The van der Waals surface area contributed by atoms with E-state index in [4.69, 9.17) is 0 Å². The third-order valence-electron chi connectivity index (χ3n) is 4.33. The largest absolute Gasteiger partial charge is 0.322 e. The number of thioether (sulfide) groups is 1. The molecule has 2 fully saturated rings. The van der Waals surface area contributed by atoms with Gasteiger partial charge in [0.15, 0.2) is 0 Å². The molecule has 0 bridgehead atoms. The molecule has 2 aliphatic heterocycles. The predicted octanol–water partition coefficient (Wildman–Crippen LogP) is 2.61. The van der Waals surface area contributed by atoms with E-state index in [-0.39, 0.29) is 11.7 Å². The van der Waals surface area contributed by atoms with Gasteiger partial charge in [0.1, 0.15) is 0 Å². The molecule has 104 valence electrons. The number of carbonyl (C=O) groups is 1. The molecule has 2 aliphatic rings. The highest BCUT2D eigenvalue weighted by molar-refractivity contribution is 7.99. The molecule has 3 nitrogen and oxygen atoms in total. The second-order valence-corrected chi connectivity index (χ2v) is 6.87. The second-order valence-electron chi connectivity index (χ2n) is 5.72. The molecule has 3 atom stereocenters. The van der Waals surface area contributed by atoms with Crippen LogP contribution in [0.2, 0.25) is 0 Å². The third-order valence-corrected chi connectivity index (χ3v) is 5.52. The van der Waals surface area contributed by atoms with Crippen LogP contribution < -0.4 is 5.32 Å². The van der Waals surface area contributed by atoms with Gasteiger partial charge in [0, 0.05) is 11.8 Å². The van der Waals surface area contributed by atoms with Crippen molar-refractivity contribution in [2.75, 3.05) is 11.5 Å². The molecule has 18 heavy (non-hydrogen) atoms. The van der Waals surface area contributed by atoms with Gasteiger partial charge in [-0.1, -0.05) is 20.3 Å². The summed E-state index contributed by atoms with van der Waals surface area (Å²) < 4.78 is 0. The molecule has 1 amide bonds. The SMILES string of the molecule is CCCC1NC(C)(CC)C(=O)N1C1CCCSC1. The monoisotopic (exact) mass is 270 g/mol. The van der Waals surface area contributed by atoms with Crippen LogP contribution in [0.5, 0.6) is 0 Å². The van der Waals surface area contributed by atoms with Crippen LogP contribution in [0.25, 0.3) is 0 Å². The van der Waals surface area contributed by atoms with Crippen molar-refractivity contribution < 1.29 is 4.79 Å². The first kappa shape index (κ1) is 14.2. The molecule has 0 aromatic rings. The van der Waals surface area contributed by atoms with Crippen LogP contribution in [0.1, 0.15) is 52.9 Å². The van der Waals surface area contributed by atoms with E-state index < -0.39 is 0 Å². The lowest BCUT2D eigenvalue weighted by Gasteiger charge is -2.35. The van der Waals surface area contributed by atoms with E-state index in [0.717, 1.165) is 25.0 Å². The molecule has 3 unspecified atom stereocenters. The van der Waals surface area contributed by atoms with Gasteiger partial charge in [0.05, 0.1) is 11.7 Å². The minimum Gasteiger partial charge on any atom is -0.322 e. The summed E-state index contributed by atoms with van der Waals surface area (Å²) >= 11 is 2.00. The Labute approximate surface area is 115 Å². The van der Waals surface area contributed by atoms with Crippen molar-refractivity contribution in [2.24, 2.45) is 0 Å². The highest BCUT2D eigenvalue weighted by atomic mass is 32.2. The molecule has 2 rings (SSSR count). The number of amides is 1. The molecule has 4 heteroatoms. The van der Waals surface area contributed by atoms with Crippen molar-refractivity contribution in [3.63, 3.8) is 0 Å². The van der Waals surface area contributed by atoms with E-state index in [2.05, 4.69) is 31.0 Å². The van der Waals surface area contributed by atoms with E-state index in [1.807, 2.05) is 11.8 Å². The fourth-order valence-electron chi connectivity index (χ4n) is 3.03. The topological polar surface area (TPSA) is 32.3 Å². The minimum absolute atomic E-state index is 0.260. The van der Waals surface area contributed by atoms with E-state index in [0.29, 0.717) is 11.9 Å². The maximum Gasteiger partial charge on any atom is 0.244 e. The van der Waals surface area contributed by atoms with Crippen LogP contribution in [0.3, 0.4) is 0 Å². The van der Waals surface area contributed by atoms with Crippen LogP contribution in [-0.2, 0) is 4.79 Å². The third kappa shape index (κ3) is 2.55. The summed E-state index contributed by atoms with van der Waals surface area (Å²) in [5, 5.41) is 3.58. The number of nitrogens with one attached hydrogen (secondary N) is 1. The molecule has 0 aromatic heterocycles. The van der Waals surface area contributed by atoms with Crippen LogP contribution >= 0.6 is 11.8 Å². The van der Waals surface area contributed by atoms with Crippen molar-refractivity contribution in [2.45, 2.75) is 70.6 Å². The number of nitrogens with zero attached hydrogens (tertiary/aromatic N) is 1. The van der Waals surface area contributed by atoms with Gasteiger partial charge in [0.2, 0.25) is 5.91 Å². The Bertz CT molecular complexity index is 304. The maximum atomic E-state index is 12.7. The molecule has 0 saturated carbocycles. The molecule has 2 heterocycles. The lowest BCUT2D eigenvalue weighted by atomic mass is 9.98. The number of rotatable bonds is 4. The second kappa shape index (κ2) is 5.83. The minimum atomic E-state index is -0.331. The predicted molar refractivity (Wildman–Crippen MR) is 77.7 cm³/mol. The Kier molecular flexibility index (Phi) is 4.59. The first-order chi connectivity index (χ1) is 8.62. The van der Waals surface area contributed by atoms with E-state index in [1.54, 1.807) is 0 Å². The Morgan fingerprint density at radius 2 is 2.28 bits per heavy atom. The Morgan fingerprint density at radius 3 is 2.83 bits per heavy atom. The molecule has 1 N–H and O–H groups in total. The average molecular weight is 270 g/mol. The summed E-state index contributed by atoms with van der Waals surface area (Å²) in [6, 6.07) is 0.452. The van der Waals surface area contributed by atoms with Crippen molar-refractivity contribution in [1.82, 2.24) is 10.2 Å². The zero-order valence-electron chi connectivity index (χ0n) is 11.9. The normalized spacial score (nSPS) is 37.3. The Morgan fingerprint density at radius 1 is 1.50 bits per heavy atom. The smallest absolute Gasteiger partial charge is 0.244 e. The van der Waals surface area contributed by atoms with Crippen molar-refractivity contribution in [3.05, 3.63) is 0 Å². The lowest BCUT2D eigenvalue weighted by molar-refractivity contribution is -0.135. The summed E-state index contributed by atoms with van der Waals surface area (Å²) in [6.45, 7) is 6.36. The first-order valence-electron chi connectivity index (χ1n) is 7.30. The van der Waals surface area contributed by atoms with Gasteiger partial charge in [0.25, 0.3) is 0 Å². The molecule has 0 aliphatic carbocycles. The van der Waals surface area contributed by atoms with Crippen molar-refractivity contribution in [1.29, 1.82) is 0 Å². The molecular weight excluding hydrogens is 244 g/mol. The fourth-order valence-corrected chi connectivity index (χ4v) is 4.16. The Hall–Kier alpha value is -0.220. The van der Waals surface area contributed by atoms with Gasteiger partial charge >= 0.3 is 0 Å². The van der Waals surface area contributed by atoms with Gasteiger partial charge < -0.3 is 4.90 Å². The average Bonchev–Trinajstić information content (AvgIpc) is 2.64. The van der Waals surface area contributed by atoms with Crippen LogP contribution in [-0.4, -0.2) is 40.1 Å². The molecular formula is C14H26N2OS. The van der Waals surface area contributed by atoms with Crippen molar-refractivity contribution in [3.8, 4) is 0 Å². The molecule has 0 radical (unpaired) electrons. The van der Waals surface area contributed by atoms with E-state index in [1.165, 1.54) is 18.6 Å². The quantitative estimate of drug-likeness (QED) is 0.852. The summed E-state index contributed by atoms with van der Waals surface area (Å²) in [7, 11) is 0. The number of carbonyl (C=O) groups excluding carboxylic acids is 1. The summed E-state index contributed by atoms with van der Waals surface area (Å²) in [5.74, 6) is 2.71. The zero-order valence-corrected chi connectivity index (χ0v) is 12.7. The van der Waals surface area contributed by atoms with Gasteiger partial charge in [-0.2, -0.15) is 11.8 Å². The van der Waals surface area contributed by atoms with Gasteiger partial charge in [-0.15, -0.1) is 0 Å². The van der Waals surface area contributed by atoms with Crippen LogP contribution in [0.15, 0.2) is 0 Å².